The summed E-state index contributed by atoms with van der Waals surface area (Å²) in [4.78, 5) is 28.2. The van der Waals surface area contributed by atoms with Crippen LogP contribution in [0.2, 0.25) is 0 Å². The largest absolute Gasteiger partial charge is 0.494 e. The van der Waals surface area contributed by atoms with Gasteiger partial charge in [0.05, 0.1) is 35.4 Å². The molecule has 4 aromatic rings. The minimum atomic E-state index is -0.401. The maximum Gasteiger partial charge on any atom is 0.300 e. The van der Waals surface area contributed by atoms with E-state index in [1.807, 2.05) is 66.8 Å². The number of rotatable bonds is 9. The van der Waals surface area contributed by atoms with Crippen LogP contribution >= 0.6 is 0 Å². The van der Waals surface area contributed by atoms with E-state index in [4.69, 9.17) is 14.7 Å². The second-order valence-electron chi connectivity index (χ2n) is 8.29. The molecule has 0 fully saturated rings. The highest BCUT2D eigenvalue weighted by Crippen LogP contribution is 2.38. The van der Waals surface area contributed by atoms with Gasteiger partial charge >= 0.3 is 0 Å². The summed E-state index contributed by atoms with van der Waals surface area (Å²) >= 11 is 0. The molecule has 0 saturated heterocycles. The van der Waals surface area contributed by atoms with Crippen molar-refractivity contribution in [2.24, 2.45) is 0 Å². The number of carbonyl (C=O) groups excluding carboxylic acids is 1. The Hall–Kier alpha value is -4.62. The van der Waals surface area contributed by atoms with Gasteiger partial charge in [-0.1, -0.05) is 12.0 Å². The maximum atomic E-state index is 12.3. The number of benzene rings is 1. The fraction of sp³-hybridized carbons (Fsp3) is 0.259. The lowest BCUT2D eigenvalue weighted by Gasteiger charge is -2.24. The van der Waals surface area contributed by atoms with Crippen molar-refractivity contribution in [2.45, 2.75) is 13.8 Å². The Bertz CT molecular complexity index is 1490. The molecule has 1 amide bonds. The molecule has 0 spiro atoms. The lowest BCUT2D eigenvalue weighted by molar-refractivity contribution is -0.111. The number of imidazole rings is 1. The highest BCUT2D eigenvalue weighted by molar-refractivity contribution is 6.06. The number of ether oxygens (including phenoxy) is 1. The average molecular weight is 499 g/mol. The van der Waals surface area contributed by atoms with Gasteiger partial charge in [0.2, 0.25) is 5.95 Å². The first-order valence-electron chi connectivity index (χ1n) is 11.8. The molecule has 3 N–H and O–H groups in total. The van der Waals surface area contributed by atoms with Gasteiger partial charge in [0, 0.05) is 38.6 Å². The standard InChI is InChI=1S/C27H30N8O2/c1-6-9-25(36)31-20-16-21(24(37-5)17-23(20)34(4)15-13-28-3)33-27-29-12-11-19(32-27)26-30-18(2)22-10-7-8-14-35(22)26/h7-8,10-12,14,16-17,28H,13,15H2,1-5H3,(H,31,36)(H,29,32,33). The molecule has 10 heteroatoms. The topological polar surface area (TPSA) is 109 Å². The van der Waals surface area contributed by atoms with Crippen molar-refractivity contribution in [3.05, 3.63) is 54.5 Å². The molecule has 0 saturated carbocycles. The Labute approximate surface area is 216 Å². The number of pyridine rings is 1. The molecule has 0 aliphatic rings. The summed E-state index contributed by atoms with van der Waals surface area (Å²) in [6, 6.07) is 11.4. The molecule has 0 bridgehead atoms. The van der Waals surface area contributed by atoms with Gasteiger partial charge in [0.1, 0.15) is 11.4 Å². The van der Waals surface area contributed by atoms with Crippen molar-refractivity contribution >= 4 is 34.4 Å². The number of nitrogens with zero attached hydrogens (tertiary/aromatic N) is 5. The van der Waals surface area contributed by atoms with E-state index < -0.39 is 5.91 Å². The van der Waals surface area contributed by atoms with Crippen molar-refractivity contribution < 1.29 is 9.53 Å². The molecular weight excluding hydrogens is 468 g/mol. The molecule has 190 valence electrons. The van der Waals surface area contributed by atoms with Crippen LogP contribution in [0, 0.1) is 18.8 Å². The number of aryl methyl sites for hydroxylation is 1. The highest BCUT2D eigenvalue weighted by atomic mass is 16.5. The molecule has 0 radical (unpaired) electrons. The molecule has 37 heavy (non-hydrogen) atoms. The number of fused-ring (bicyclic) bond motifs is 1. The van der Waals surface area contributed by atoms with Crippen LogP contribution in [-0.4, -0.2) is 59.6 Å². The molecular formula is C27H30N8O2. The summed E-state index contributed by atoms with van der Waals surface area (Å²) in [6.45, 7) is 5.08. The first-order valence-corrected chi connectivity index (χ1v) is 11.8. The Morgan fingerprint density at radius 3 is 2.78 bits per heavy atom. The third kappa shape index (κ3) is 5.63. The zero-order chi connectivity index (χ0) is 26.4. The molecule has 0 aliphatic heterocycles. The van der Waals surface area contributed by atoms with Gasteiger partial charge in [0.25, 0.3) is 5.91 Å². The van der Waals surface area contributed by atoms with Crippen LogP contribution in [0.4, 0.5) is 23.0 Å². The van der Waals surface area contributed by atoms with Crippen LogP contribution in [0.1, 0.15) is 12.6 Å². The second-order valence-corrected chi connectivity index (χ2v) is 8.29. The van der Waals surface area contributed by atoms with E-state index in [0.717, 1.165) is 35.8 Å². The molecule has 1 aromatic carbocycles. The van der Waals surface area contributed by atoms with Crippen molar-refractivity contribution in [1.82, 2.24) is 24.7 Å². The minimum Gasteiger partial charge on any atom is -0.494 e. The van der Waals surface area contributed by atoms with Gasteiger partial charge in [-0.3, -0.25) is 9.20 Å². The van der Waals surface area contributed by atoms with E-state index in [0.29, 0.717) is 28.8 Å². The number of methoxy groups -OCH3 is 1. The molecule has 3 aromatic heterocycles. The number of amides is 1. The van der Waals surface area contributed by atoms with Crippen LogP contribution in [0.25, 0.3) is 17.0 Å². The van der Waals surface area contributed by atoms with Gasteiger partial charge in [-0.2, -0.15) is 0 Å². The zero-order valence-electron chi connectivity index (χ0n) is 21.6. The molecule has 10 nitrogen and oxygen atoms in total. The lowest BCUT2D eigenvalue weighted by Crippen LogP contribution is -2.28. The van der Waals surface area contributed by atoms with Crippen molar-refractivity contribution in [3.63, 3.8) is 0 Å². The fourth-order valence-electron chi connectivity index (χ4n) is 3.96. The average Bonchev–Trinajstić information content (AvgIpc) is 3.24. The van der Waals surface area contributed by atoms with E-state index in [2.05, 4.69) is 32.8 Å². The van der Waals surface area contributed by atoms with Crippen LogP contribution in [0.3, 0.4) is 0 Å². The zero-order valence-corrected chi connectivity index (χ0v) is 21.6. The number of aromatic nitrogens is 4. The van der Waals surface area contributed by atoms with E-state index in [1.165, 1.54) is 0 Å². The summed E-state index contributed by atoms with van der Waals surface area (Å²) in [5.41, 5.74) is 4.56. The Morgan fingerprint density at radius 2 is 2.03 bits per heavy atom. The normalized spacial score (nSPS) is 10.5. The number of nitrogens with one attached hydrogen (secondary N) is 3. The fourth-order valence-corrected chi connectivity index (χ4v) is 3.96. The highest BCUT2D eigenvalue weighted by Gasteiger charge is 2.17. The SMILES string of the molecule is CC#CC(=O)Nc1cc(Nc2nccc(-c3nc(C)c4ccccn34)n2)c(OC)cc1N(C)CCNC. The van der Waals surface area contributed by atoms with Gasteiger partial charge in [0.15, 0.2) is 5.82 Å². The summed E-state index contributed by atoms with van der Waals surface area (Å²) in [5, 5.41) is 9.26. The minimum absolute atomic E-state index is 0.364. The van der Waals surface area contributed by atoms with Crippen molar-refractivity contribution in [1.29, 1.82) is 0 Å². The Balaban J connectivity index is 1.72. The molecule has 3 heterocycles. The van der Waals surface area contributed by atoms with Crippen LogP contribution in [0.15, 0.2) is 48.8 Å². The van der Waals surface area contributed by atoms with Gasteiger partial charge < -0.3 is 25.6 Å². The van der Waals surface area contributed by atoms with Crippen molar-refractivity contribution in [2.75, 3.05) is 49.8 Å². The predicted octanol–water partition coefficient (Wildman–Crippen LogP) is 3.47. The monoisotopic (exact) mass is 498 g/mol. The third-order valence-electron chi connectivity index (χ3n) is 5.78. The molecule has 0 atom stereocenters. The van der Waals surface area contributed by atoms with Crippen LogP contribution in [-0.2, 0) is 4.79 Å². The van der Waals surface area contributed by atoms with Crippen LogP contribution in [0.5, 0.6) is 5.75 Å². The van der Waals surface area contributed by atoms with Gasteiger partial charge in [-0.05, 0) is 51.1 Å². The van der Waals surface area contributed by atoms with E-state index in [-0.39, 0.29) is 0 Å². The van der Waals surface area contributed by atoms with E-state index >= 15 is 0 Å². The van der Waals surface area contributed by atoms with Crippen LogP contribution < -0.4 is 25.6 Å². The summed E-state index contributed by atoms with van der Waals surface area (Å²) < 4.78 is 7.68. The number of anilines is 4. The smallest absolute Gasteiger partial charge is 0.300 e. The number of likely N-dealkylation sites (N-methyl/N-ethyl adjacent to an activating group) is 2. The Morgan fingerprint density at radius 1 is 1.19 bits per heavy atom. The number of hydrogen-bond acceptors (Lipinski definition) is 8. The molecule has 4 rings (SSSR count). The van der Waals surface area contributed by atoms with E-state index in [9.17, 15) is 4.79 Å². The Kier molecular flexibility index (Phi) is 7.86. The summed E-state index contributed by atoms with van der Waals surface area (Å²) in [7, 11) is 5.43. The predicted molar refractivity (Wildman–Crippen MR) is 147 cm³/mol. The van der Waals surface area contributed by atoms with Gasteiger partial charge in [-0.25, -0.2) is 15.0 Å². The maximum absolute atomic E-state index is 12.3. The third-order valence-corrected chi connectivity index (χ3v) is 5.78. The van der Waals surface area contributed by atoms with E-state index in [1.54, 1.807) is 26.3 Å². The first kappa shape index (κ1) is 25.5. The molecule has 0 unspecified atom stereocenters. The lowest BCUT2D eigenvalue weighted by atomic mass is 10.2. The summed E-state index contributed by atoms with van der Waals surface area (Å²) in [6.07, 6.45) is 3.64. The second kappa shape index (κ2) is 11.4. The molecule has 0 aliphatic carbocycles. The van der Waals surface area contributed by atoms with Gasteiger partial charge in [-0.15, -0.1) is 0 Å². The number of hydrogen-bond donors (Lipinski definition) is 3. The summed E-state index contributed by atoms with van der Waals surface area (Å²) in [5.74, 6) is 6.41. The number of carbonyl (C=O) groups is 1. The quantitative estimate of drug-likeness (QED) is 0.301. The first-order chi connectivity index (χ1) is 17.9. The van der Waals surface area contributed by atoms with Crippen molar-refractivity contribution in [3.8, 4) is 29.1 Å².